The van der Waals surface area contributed by atoms with Gasteiger partial charge in [-0.3, -0.25) is 19.0 Å². The van der Waals surface area contributed by atoms with Crippen LogP contribution in [0.25, 0.3) is 10.9 Å². The first kappa shape index (κ1) is 20.1. The van der Waals surface area contributed by atoms with Gasteiger partial charge >= 0.3 is 0 Å². The molecule has 8 nitrogen and oxygen atoms in total. The first-order valence-corrected chi connectivity index (χ1v) is 10.9. The molecule has 0 saturated heterocycles. The van der Waals surface area contributed by atoms with E-state index in [1.807, 2.05) is 12.1 Å². The van der Waals surface area contributed by atoms with Gasteiger partial charge < -0.3 is 14.6 Å². The summed E-state index contributed by atoms with van der Waals surface area (Å²) >= 11 is 1.16. The number of carbonyl (C=O) groups excluding carboxylic acids is 2. The van der Waals surface area contributed by atoms with E-state index in [0.29, 0.717) is 33.2 Å². The molecule has 0 fully saturated rings. The van der Waals surface area contributed by atoms with Crippen LogP contribution in [0.4, 0.5) is 11.4 Å². The molecule has 4 aromatic rings. The van der Waals surface area contributed by atoms with E-state index >= 15 is 0 Å². The monoisotopic (exact) mass is 446 g/mol. The maximum absolute atomic E-state index is 13.1. The van der Waals surface area contributed by atoms with Gasteiger partial charge in [-0.25, -0.2) is 4.98 Å². The van der Waals surface area contributed by atoms with Crippen LogP contribution in [-0.2, 0) is 16.1 Å². The van der Waals surface area contributed by atoms with Crippen molar-refractivity contribution >= 4 is 45.9 Å². The van der Waals surface area contributed by atoms with Gasteiger partial charge in [0.1, 0.15) is 12.3 Å². The number of hydrogen-bond acceptors (Lipinski definition) is 6. The first-order chi connectivity index (χ1) is 15.6. The fourth-order valence-electron chi connectivity index (χ4n) is 3.62. The molecule has 5 rings (SSSR count). The molecule has 0 saturated carbocycles. The molecule has 0 bridgehead atoms. The predicted octanol–water partition coefficient (Wildman–Crippen LogP) is 3.12. The molecule has 2 aromatic heterocycles. The molecule has 1 aliphatic heterocycles. The molecular formula is C23H18N4O4S. The summed E-state index contributed by atoms with van der Waals surface area (Å²) in [5.74, 6) is 0.133. The Balaban J connectivity index is 1.46. The molecule has 0 atom stereocenters. The number of furan rings is 1. The summed E-state index contributed by atoms with van der Waals surface area (Å²) in [6.07, 6.45) is 1.55. The van der Waals surface area contributed by atoms with Gasteiger partial charge in [-0.2, -0.15) is 0 Å². The first-order valence-electron chi connectivity index (χ1n) is 9.94. The maximum Gasteiger partial charge on any atom is 0.262 e. The van der Waals surface area contributed by atoms with E-state index in [4.69, 9.17) is 4.42 Å². The number of fused-ring (bicyclic) bond motifs is 2. The van der Waals surface area contributed by atoms with Crippen LogP contribution in [0, 0.1) is 0 Å². The highest BCUT2D eigenvalue weighted by Gasteiger charge is 2.27. The van der Waals surface area contributed by atoms with Crippen molar-refractivity contribution in [2.24, 2.45) is 0 Å². The largest absolute Gasteiger partial charge is 0.467 e. The standard InChI is InChI=1S/C23H18N4O4S/c28-20-13-26(19-10-4-3-9-18(19)24-20)21(29)14-32-23-25-17-8-2-1-7-16(17)22(30)27(23)12-15-6-5-11-31-15/h1-11H,12-14H2,(H,24,28). The van der Waals surface area contributed by atoms with Crippen molar-refractivity contribution in [3.63, 3.8) is 0 Å². The molecule has 160 valence electrons. The van der Waals surface area contributed by atoms with Gasteiger partial charge in [0.25, 0.3) is 5.56 Å². The fraction of sp³-hybridized carbons (Fsp3) is 0.130. The molecule has 0 aliphatic carbocycles. The van der Waals surface area contributed by atoms with Crippen molar-refractivity contribution in [1.82, 2.24) is 9.55 Å². The highest BCUT2D eigenvalue weighted by molar-refractivity contribution is 7.99. The van der Waals surface area contributed by atoms with Crippen LogP contribution >= 0.6 is 11.8 Å². The zero-order valence-electron chi connectivity index (χ0n) is 16.9. The van der Waals surface area contributed by atoms with Gasteiger partial charge in [0, 0.05) is 0 Å². The van der Waals surface area contributed by atoms with Crippen LogP contribution in [-0.4, -0.2) is 33.7 Å². The number of hydrogen-bond donors (Lipinski definition) is 1. The second-order valence-electron chi connectivity index (χ2n) is 7.22. The van der Waals surface area contributed by atoms with Crippen LogP contribution < -0.4 is 15.8 Å². The molecule has 1 N–H and O–H groups in total. The van der Waals surface area contributed by atoms with Crippen molar-refractivity contribution in [3.05, 3.63) is 83.0 Å². The quantitative estimate of drug-likeness (QED) is 0.374. The number of amides is 2. The highest BCUT2D eigenvalue weighted by Crippen LogP contribution is 2.30. The number of aromatic nitrogens is 2. The molecule has 32 heavy (non-hydrogen) atoms. The zero-order valence-corrected chi connectivity index (χ0v) is 17.7. The number of para-hydroxylation sites is 3. The van der Waals surface area contributed by atoms with Gasteiger partial charge in [-0.05, 0) is 36.4 Å². The second-order valence-corrected chi connectivity index (χ2v) is 8.16. The minimum Gasteiger partial charge on any atom is -0.467 e. The van der Waals surface area contributed by atoms with Crippen molar-refractivity contribution in [2.45, 2.75) is 11.7 Å². The number of thioether (sulfide) groups is 1. The predicted molar refractivity (Wildman–Crippen MR) is 122 cm³/mol. The van der Waals surface area contributed by atoms with E-state index in [9.17, 15) is 14.4 Å². The summed E-state index contributed by atoms with van der Waals surface area (Å²) in [5, 5.41) is 3.68. The Morgan fingerprint density at radius 3 is 2.72 bits per heavy atom. The summed E-state index contributed by atoms with van der Waals surface area (Å²) < 4.78 is 6.92. The smallest absolute Gasteiger partial charge is 0.262 e. The lowest BCUT2D eigenvalue weighted by Gasteiger charge is -2.29. The Morgan fingerprint density at radius 2 is 1.88 bits per heavy atom. The van der Waals surface area contributed by atoms with Crippen LogP contribution in [0.2, 0.25) is 0 Å². The molecule has 0 unspecified atom stereocenters. The molecule has 1 aliphatic rings. The summed E-state index contributed by atoms with van der Waals surface area (Å²) in [4.78, 5) is 44.3. The van der Waals surface area contributed by atoms with Crippen molar-refractivity contribution in [3.8, 4) is 0 Å². The number of carbonyl (C=O) groups is 2. The van der Waals surface area contributed by atoms with E-state index in [1.165, 1.54) is 9.47 Å². The van der Waals surface area contributed by atoms with Crippen LogP contribution in [0.5, 0.6) is 0 Å². The lowest BCUT2D eigenvalue weighted by atomic mass is 10.2. The summed E-state index contributed by atoms with van der Waals surface area (Å²) in [5.41, 5.74) is 1.60. The third kappa shape index (κ3) is 3.78. The Hall–Kier alpha value is -3.85. The summed E-state index contributed by atoms with van der Waals surface area (Å²) in [7, 11) is 0. The topological polar surface area (TPSA) is 97.4 Å². The van der Waals surface area contributed by atoms with Crippen LogP contribution in [0.3, 0.4) is 0 Å². The van der Waals surface area contributed by atoms with Gasteiger partial charge in [0.05, 0.1) is 40.8 Å². The fourth-order valence-corrected chi connectivity index (χ4v) is 4.49. The van der Waals surface area contributed by atoms with Crippen LogP contribution in [0.15, 0.2) is 81.3 Å². The van der Waals surface area contributed by atoms with E-state index in [-0.39, 0.29) is 36.2 Å². The normalized spacial score (nSPS) is 13.1. The van der Waals surface area contributed by atoms with Crippen LogP contribution in [0.1, 0.15) is 5.76 Å². The Labute approximate surface area is 186 Å². The lowest BCUT2D eigenvalue weighted by molar-refractivity contribution is -0.120. The zero-order chi connectivity index (χ0) is 22.1. The third-order valence-corrected chi connectivity index (χ3v) is 6.08. The number of rotatable bonds is 5. The Bertz CT molecular complexity index is 1380. The maximum atomic E-state index is 13.1. The van der Waals surface area contributed by atoms with Gasteiger partial charge in [-0.15, -0.1) is 0 Å². The highest BCUT2D eigenvalue weighted by atomic mass is 32.2. The van der Waals surface area contributed by atoms with Crippen molar-refractivity contribution in [2.75, 3.05) is 22.5 Å². The van der Waals surface area contributed by atoms with Crippen molar-refractivity contribution in [1.29, 1.82) is 0 Å². The third-order valence-electron chi connectivity index (χ3n) is 5.12. The van der Waals surface area contributed by atoms with Gasteiger partial charge in [-0.1, -0.05) is 36.0 Å². The van der Waals surface area contributed by atoms with E-state index in [1.54, 1.807) is 54.8 Å². The SMILES string of the molecule is O=C1CN(C(=O)CSc2nc3ccccc3c(=O)n2Cc2ccco2)c2ccccc2N1. The average Bonchev–Trinajstić information content (AvgIpc) is 3.32. The van der Waals surface area contributed by atoms with E-state index < -0.39 is 0 Å². The molecule has 2 aromatic carbocycles. The summed E-state index contributed by atoms with van der Waals surface area (Å²) in [6, 6.07) is 17.8. The lowest BCUT2D eigenvalue weighted by Crippen LogP contribution is -2.43. The molecule has 2 amide bonds. The van der Waals surface area contributed by atoms with E-state index in [2.05, 4.69) is 10.3 Å². The van der Waals surface area contributed by atoms with Gasteiger partial charge in [0.2, 0.25) is 11.8 Å². The second kappa shape index (κ2) is 8.35. The molecule has 0 radical (unpaired) electrons. The number of benzene rings is 2. The Morgan fingerprint density at radius 1 is 1.06 bits per heavy atom. The number of nitrogens with one attached hydrogen (secondary N) is 1. The average molecular weight is 446 g/mol. The number of nitrogens with zero attached hydrogens (tertiary/aromatic N) is 3. The summed E-state index contributed by atoms with van der Waals surface area (Å²) in [6.45, 7) is 0.149. The van der Waals surface area contributed by atoms with Gasteiger partial charge in [0.15, 0.2) is 5.16 Å². The minimum atomic E-state index is -0.249. The number of anilines is 2. The van der Waals surface area contributed by atoms with Crippen molar-refractivity contribution < 1.29 is 14.0 Å². The molecule has 0 spiro atoms. The Kier molecular flexibility index (Phi) is 5.24. The molecule has 9 heteroatoms. The molecule has 3 heterocycles. The minimum absolute atomic E-state index is 0.0184. The van der Waals surface area contributed by atoms with E-state index in [0.717, 1.165) is 11.8 Å². The molecular weight excluding hydrogens is 428 g/mol.